The fraction of sp³-hybridized carbons (Fsp3) is 0.312. The van der Waals surface area contributed by atoms with Gasteiger partial charge in [0, 0.05) is 26.7 Å². The molecule has 2 aromatic rings. The van der Waals surface area contributed by atoms with Crippen LogP contribution in [0.2, 0.25) is 0 Å². The third-order valence-corrected chi connectivity index (χ3v) is 4.91. The van der Waals surface area contributed by atoms with Crippen LogP contribution in [0.5, 0.6) is 0 Å². The Balaban J connectivity index is 1.71. The molecule has 0 spiro atoms. The summed E-state index contributed by atoms with van der Waals surface area (Å²) in [5.74, 6) is -0.157. The zero-order chi connectivity index (χ0) is 16.4. The summed E-state index contributed by atoms with van der Waals surface area (Å²) in [7, 11) is 1.76. The summed E-state index contributed by atoms with van der Waals surface area (Å²) >= 11 is 1.26. The summed E-state index contributed by atoms with van der Waals surface area (Å²) in [6, 6.07) is 9.67. The van der Waals surface area contributed by atoms with Gasteiger partial charge in [0.1, 0.15) is 4.88 Å². The SMILES string of the molecule is Cc1nc(N2CCN(C)C2=O)sc1C(=O)NCc1ccccc1. The number of aromatic nitrogens is 1. The molecule has 1 fully saturated rings. The number of hydrogen-bond acceptors (Lipinski definition) is 4. The minimum atomic E-state index is -0.157. The van der Waals surface area contributed by atoms with Gasteiger partial charge in [-0.05, 0) is 12.5 Å². The first-order valence-corrected chi connectivity index (χ1v) is 8.20. The zero-order valence-electron chi connectivity index (χ0n) is 13.1. The van der Waals surface area contributed by atoms with Crippen molar-refractivity contribution in [1.29, 1.82) is 0 Å². The summed E-state index contributed by atoms with van der Waals surface area (Å²) in [5.41, 5.74) is 1.69. The predicted molar refractivity (Wildman–Crippen MR) is 89.8 cm³/mol. The van der Waals surface area contributed by atoms with Crippen molar-refractivity contribution in [3.63, 3.8) is 0 Å². The van der Waals surface area contributed by atoms with Gasteiger partial charge < -0.3 is 10.2 Å². The number of carbonyl (C=O) groups excluding carboxylic acids is 2. The van der Waals surface area contributed by atoms with Crippen LogP contribution in [-0.2, 0) is 6.54 Å². The Kier molecular flexibility index (Phi) is 4.29. The Bertz CT molecular complexity index is 729. The lowest BCUT2D eigenvalue weighted by atomic mass is 10.2. The standard InChI is InChI=1S/C16H18N4O2S/c1-11-13(14(21)17-10-12-6-4-3-5-7-12)23-15(18-11)20-9-8-19(2)16(20)22/h3-7H,8-10H2,1-2H3,(H,17,21). The fourth-order valence-corrected chi connectivity index (χ4v) is 3.39. The smallest absolute Gasteiger partial charge is 0.326 e. The van der Waals surface area contributed by atoms with E-state index >= 15 is 0 Å². The van der Waals surface area contributed by atoms with Crippen LogP contribution in [0.15, 0.2) is 30.3 Å². The molecule has 1 aliphatic rings. The zero-order valence-corrected chi connectivity index (χ0v) is 13.9. The molecule has 1 aromatic carbocycles. The maximum Gasteiger partial charge on any atom is 0.326 e. The maximum absolute atomic E-state index is 12.4. The highest BCUT2D eigenvalue weighted by Crippen LogP contribution is 2.28. The second-order valence-electron chi connectivity index (χ2n) is 5.44. The molecule has 3 amide bonds. The van der Waals surface area contributed by atoms with Gasteiger partial charge in [0.05, 0.1) is 5.69 Å². The lowest BCUT2D eigenvalue weighted by Crippen LogP contribution is -2.29. The number of carbonyl (C=O) groups is 2. The summed E-state index contributed by atoms with van der Waals surface area (Å²) in [4.78, 5) is 32.6. The van der Waals surface area contributed by atoms with Gasteiger partial charge in [0.2, 0.25) is 0 Å². The number of nitrogens with one attached hydrogen (secondary N) is 1. The lowest BCUT2D eigenvalue weighted by molar-refractivity contribution is 0.0954. The van der Waals surface area contributed by atoms with Gasteiger partial charge >= 0.3 is 6.03 Å². The quantitative estimate of drug-likeness (QED) is 0.935. The van der Waals surface area contributed by atoms with Gasteiger partial charge in [0.15, 0.2) is 5.13 Å². The Morgan fingerprint density at radius 1 is 1.30 bits per heavy atom. The Labute approximate surface area is 138 Å². The molecule has 1 aromatic heterocycles. The van der Waals surface area contributed by atoms with Gasteiger partial charge in [0.25, 0.3) is 5.91 Å². The van der Waals surface area contributed by atoms with E-state index in [0.717, 1.165) is 5.56 Å². The van der Waals surface area contributed by atoms with Gasteiger partial charge in [-0.15, -0.1) is 0 Å². The van der Waals surface area contributed by atoms with Crippen LogP contribution < -0.4 is 10.2 Å². The van der Waals surface area contributed by atoms with Crippen LogP contribution in [0, 0.1) is 6.92 Å². The molecule has 0 radical (unpaired) electrons. The van der Waals surface area contributed by atoms with Crippen molar-refractivity contribution in [2.45, 2.75) is 13.5 Å². The molecule has 23 heavy (non-hydrogen) atoms. The molecule has 1 aliphatic heterocycles. The largest absolute Gasteiger partial charge is 0.347 e. The molecule has 0 aliphatic carbocycles. The molecule has 1 saturated heterocycles. The van der Waals surface area contributed by atoms with Crippen LogP contribution in [0.3, 0.4) is 0 Å². The monoisotopic (exact) mass is 330 g/mol. The van der Waals surface area contributed by atoms with Crippen LogP contribution in [-0.4, -0.2) is 42.0 Å². The number of hydrogen-bond donors (Lipinski definition) is 1. The van der Waals surface area contributed by atoms with Crippen molar-refractivity contribution in [3.8, 4) is 0 Å². The summed E-state index contributed by atoms with van der Waals surface area (Å²) in [6.07, 6.45) is 0. The Hall–Kier alpha value is -2.41. The fourth-order valence-electron chi connectivity index (χ4n) is 2.39. The van der Waals surface area contributed by atoms with Crippen molar-refractivity contribution in [2.24, 2.45) is 0 Å². The number of anilines is 1. The molecule has 120 valence electrons. The van der Waals surface area contributed by atoms with Crippen LogP contribution in [0.25, 0.3) is 0 Å². The lowest BCUT2D eigenvalue weighted by Gasteiger charge is -2.11. The Morgan fingerprint density at radius 2 is 2.04 bits per heavy atom. The summed E-state index contributed by atoms with van der Waals surface area (Å²) < 4.78 is 0. The normalized spacial score (nSPS) is 14.4. The molecule has 0 atom stereocenters. The van der Waals surface area contributed by atoms with Crippen LogP contribution >= 0.6 is 11.3 Å². The number of aryl methyl sites for hydroxylation is 1. The van der Waals surface area contributed by atoms with Crippen molar-refractivity contribution in [2.75, 3.05) is 25.0 Å². The first-order valence-electron chi connectivity index (χ1n) is 7.38. The first-order chi connectivity index (χ1) is 11.1. The highest BCUT2D eigenvalue weighted by molar-refractivity contribution is 7.17. The number of thiazole rings is 1. The van der Waals surface area contributed by atoms with E-state index in [0.29, 0.717) is 35.3 Å². The molecule has 6 nitrogen and oxygen atoms in total. The second kappa shape index (κ2) is 6.37. The third kappa shape index (κ3) is 3.19. The molecule has 1 N–H and O–H groups in total. The summed E-state index contributed by atoms with van der Waals surface area (Å²) in [5, 5.41) is 3.48. The molecule has 7 heteroatoms. The number of urea groups is 1. The second-order valence-corrected chi connectivity index (χ2v) is 6.41. The number of likely N-dealkylation sites (N-methyl/N-ethyl adjacent to an activating group) is 1. The van der Waals surface area contributed by atoms with E-state index in [2.05, 4.69) is 10.3 Å². The number of benzene rings is 1. The number of nitrogens with zero attached hydrogens (tertiary/aromatic N) is 3. The maximum atomic E-state index is 12.4. The predicted octanol–water partition coefficient (Wildman–Crippen LogP) is 2.25. The highest BCUT2D eigenvalue weighted by Gasteiger charge is 2.30. The Morgan fingerprint density at radius 3 is 2.70 bits per heavy atom. The van der Waals surface area contributed by atoms with Crippen LogP contribution in [0.4, 0.5) is 9.93 Å². The van der Waals surface area contributed by atoms with Crippen molar-refractivity contribution < 1.29 is 9.59 Å². The van der Waals surface area contributed by atoms with Crippen LogP contribution in [0.1, 0.15) is 20.9 Å². The molecule has 0 saturated carbocycles. The molecule has 0 bridgehead atoms. The highest BCUT2D eigenvalue weighted by atomic mass is 32.1. The molecule has 3 rings (SSSR count). The molecular weight excluding hydrogens is 312 g/mol. The van der Waals surface area contributed by atoms with E-state index in [4.69, 9.17) is 0 Å². The van der Waals surface area contributed by atoms with E-state index in [1.165, 1.54) is 11.3 Å². The molecule has 0 unspecified atom stereocenters. The number of amides is 3. The summed E-state index contributed by atoms with van der Waals surface area (Å²) in [6.45, 7) is 3.54. The van der Waals surface area contributed by atoms with E-state index in [1.54, 1.807) is 23.8 Å². The average molecular weight is 330 g/mol. The topological polar surface area (TPSA) is 65.5 Å². The minimum Gasteiger partial charge on any atom is -0.347 e. The molecular formula is C16H18N4O2S. The van der Waals surface area contributed by atoms with E-state index in [9.17, 15) is 9.59 Å². The third-order valence-electron chi connectivity index (χ3n) is 3.73. The minimum absolute atomic E-state index is 0.0741. The van der Waals surface area contributed by atoms with E-state index in [1.807, 2.05) is 30.3 Å². The van der Waals surface area contributed by atoms with Gasteiger partial charge in [-0.25, -0.2) is 9.78 Å². The molecule has 2 heterocycles. The van der Waals surface area contributed by atoms with Gasteiger partial charge in [-0.2, -0.15) is 0 Å². The van der Waals surface area contributed by atoms with Crippen molar-refractivity contribution >= 4 is 28.4 Å². The van der Waals surface area contributed by atoms with E-state index in [-0.39, 0.29) is 11.9 Å². The first kappa shape index (κ1) is 15.5. The van der Waals surface area contributed by atoms with Crippen molar-refractivity contribution in [3.05, 3.63) is 46.5 Å². The van der Waals surface area contributed by atoms with Gasteiger partial charge in [-0.3, -0.25) is 9.69 Å². The average Bonchev–Trinajstić information content (AvgIpc) is 3.09. The van der Waals surface area contributed by atoms with Gasteiger partial charge in [-0.1, -0.05) is 41.7 Å². The number of rotatable bonds is 4. The van der Waals surface area contributed by atoms with Crippen molar-refractivity contribution in [1.82, 2.24) is 15.2 Å². The van der Waals surface area contributed by atoms with E-state index < -0.39 is 0 Å².